The van der Waals surface area contributed by atoms with Crippen LogP contribution in [-0.4, -0.2) is 42.6 Å². The lowest BCUT2D eigenvalue weighted by atomic mass is 9.99. The molecule has 1 saturated carbocycles. The van der Waals surface area contributed by atoms with Crippen LogP contribution in [0.25, 0.3) is 0 Å². The fraction of sp³-hybridized carbons (Fsp3) is 0.909. The van der Waals surface area contributed by atoms with E-state index >= 15 is 0 Å². The number of nitrogens with zero attached hydrogens (tertiary/aromatic N) is 1. The van der Waals surface area contributed by atoms with E-state index in [0.29, 0.717) is 6.04 Å². The van der Waals surface area contributed by atoms with Crippen molar-refractivity contribution in [1.29, 1.82) is 0 Å². The van der Waals surface area contributed by atoms with Crippen LogP contribution in [0, 0.1) is 0 Å². The maximum absolute atomic E-state index is 11.5. The van der Waals surface area contributed by atoms with Crippen LogP contribution >= 0.6 is 0 Å². The second-order valence-electron chi connectivity index (χ2n) is 4.79. The summed E-state index contributed by atoms with van der Waals surface area (Å²) in [5.74, 6) is -0.246. The molecule has 1 saturated heterocycles. The quantitative estimate of drug-likeness (QED) is 0.677. The molecule has 0 aromatic rings. The Balaban J connectivity index is 1.96. The Morgan fingerprint density at radius 1 is 1.47 bits per heavy atom. The van der Waals surface area contributed by atoms with Gasteiger partial charge in [-0.15, -0.1) is 0 Å². The molecule has 15 heavy (non-hydrogen) atoms. The molecule has 2 unspecified atom stereocenters. The molecule has 2 rings (SSSR count). The molecule has 2 fully saturated rings. The van der Waals surface area contributed by atoms with Crippen molar-refractivity contribution in [2.45, 2.75) is 43.7 Å². The molecule has 0 radical (unpaired) electrons. The Morgan fingerprint density at radius 2 is 2.13 bits per heavy atom. The van der Waals surface area contributed by atoms with Crippen molar-refractivity contribution in [2.75, 3.05) is 20.2 Å². The summed E-state index contributed by atoms with van der Waals surface area (Å²) in [6, 6.07) is 0.497. The van der Waals surface area contributed by atoms with Crippen molar-refractivity contribution in [3.63, 3.8) is 0 Å². The predicted molar refractivity (Wildman–Crippen MR) is 57.4 cm³/mol. The van der Waals surface area contributed by atoms with Gasteiger partial charge in [-0.05, 0) is 45.2 Å². The van der Waals surface area contributed by atoms with Crippen LogP contribution in [0.1, 0.15) is 32.1 Å². The third-order valence-electron chi connectivity index (χ3n) is 3.77. The lowest BCUT2D eigenvalue weighted by Crippen LogP contribution is -2.47. The molecule has 2 N–H and O–H groups in total. The molecule has 4 heteroatoms. The van der Waals surface area contributed by atoms with Gasteiger partial charge in [-0.2, -0.15) is 0 Å². The van der Waals surface area contributed by atoms with Gasteiger partial charge in [0.1, 0.15) is 5.54 Å². The van der Waals surface area contributed by atoms with Crippen LogP contribution in [0.5, 0.6) is 0 Å². The number of carbonyl (C=O) groups is 1. The number of rotatable bonds is 2. The fourth-order valence-electron chi connectivity index (χ4n) is 2.86. The van der Waals surface area contributed by atoms with Gasteiger partial charge in [-0.25, -0.2) is 0 Å². The molecule has 4 nitrogen and oxygen atoms in total. The molecule has 1 heterocycles. The Morgan fingerprint density at radius 3 is 2.73 bits per heavy atom. The minimum Gasteiger partial charge on any atom is -0.468 e. The van der Waals surface area contributed by atoms with Crippen molar-refractivity contribution < 1.29 is 9.53 Å². The number of esters is 1. The van der Waals surface area contributed by atoms with E-state index in [9.17, 15) is 4.79 Å². The summed E-state index contributed by atoms with van der Waals surface area (Å²) >= 11 is 0. The summed E-state index contributed by atoms with van der Waals surface area (Å²) in [6.07, 6.45) is 5.13. The highest BCUT2D eigenvalue weighted by Gasteiger charge is 2.44. The average molecular weight is 212 g/mol. The summed E-state index contributed by atoms with van der Waals surface area (Å²) in [5, 5.41) is 0. The minimum atomic E-state index is -0.720. The zero-order chi connectivity index (χ0) is 10.9. The van der Waals surface area contributed by atoms with Crippen molar-refractivity contribution in [2.24, 2.45) is 5.73 Å². The van der Waals surface area contributed by atoms with Gasteiger partial charge >= 0.3 is 5.97 Å². The molecule has 1 aliphatic carbocycles. The first-order valence-electron chi connectivity index (χ1n) is 5.77. The van der Waals surface area contributed by atoms with E-state index in [4.69, 9.17) is 10.5 Å². The van der Waals surface area contributed by atoms with Gasteiger partial charge in [0.2, 0.25) is 0 Å². The number of hydrogen-bond acceptors (Lipinski definition) is 4. The van der Waals surface area contributed by atoms with Crippen LogP contribution in [0.4, 0.5) is 0 Å². The van der Waals surface area contributed by atoms with Crippen molar-refractivity contribution in [3.05, 3.63) is 0 Å². The van der Waals surface area contributed by atoms with Gasteiger partial charge in [0.25, 0.3) is 0 Å². The number of carbonyl (C=O) groups excluding carboxylic acids is 1. The van der Waals surface area contributed by atoms with Crippen LogP contribution in [-0.2, 0) is 9.53 Å². The van der Waals surface area contributed by atoms with Gasteiger partial charge in [-0.1, -0.05) is 0 Å². The number of methoxy groups -OCH3 is 1. The number of hydrogen-bond donors (Lipinski definition) is 1. The molecule has 2 aliphatic rings. The van der Waals surface area contributed by atoms with Gasteiger partial charge in [0.05, 0.1) is 7.11 Å². The van der Waals surface area contributed by atoms with Gasteiger partial charge in [0, 0.05) is 6.04 Å². The average Bonchev–Trinajstić information content (AvgIpc) is 2.85. The smallest absolute Gasteiger partial charge is 0.325 e. The lowest BCUT2D eigenvalue weighted by molar-refractivity contribution is -0.146. The Kier molecular flexibility index (Phi) is 2.98. The Hall–Kier alpha value is -0.610. The second kappa shape index (κ2) is 4.10. The molecule has 86 valence electrons. The Labute approximate surface area is 90.8 Å². The van der Waals surface area contributed by atoms with E-state index in [0.717, 1.165) is 19.3 Å². The molecule has 1 aliphatic heterocycles. The summed E-state index contributed by atoms with van der Waals surface area (Å²) < 4.78 is 4.77. The van der Waals surface area contributed by atoms with Crippen LogP contribution in [0.3, 0.4) is 0 Å². The number of likely N-dealkylation sites (tertiary alicyclic amines) is 1. The maximum atomic E-state index is 11.5. The maximum Gasteiger partial charge on any atom is 0.325 e. The molecule has 2 atom stereocenters. The lowest BCUT2D eigenvalue weighted by Gasteiger charge is -2.25. The molecular weight excluding hydrogens is 192 g/mol. The molecule has 0 bridgehead atoms. The number of nitrogens with two attached hydrogens (primary N) is 1. The summed E-state index contributed by atoms with van der Waals surface area (Å²) in [7, 11) is 1.42. The zero-order valence-electron chi connectivity index (χ0n) is 9.37. The van der Waals surface area contributed by atoms with E-state index in [1.165, 1.54) is 33.0 Å². The van der Waals surface area contributed by atoms with E-state index in [2.05, 4.69) is 4.90 Å². The highest BCUT2D eigenvalue weighted by Crippen LogP contribution is 2.33. The SMILES string of the molecule is COC(=O)C1(N)CCC(N2CCCC2)C1. The summed E-state index contributed by atoms with van der Waals surface area (Å²) in [4.78, 5) is 14.0. The zero-order valence-corrected chi connectivity index (χ0v) is 9.37. The predicted octanol–water partition coefficient (Wildman–Crippen LogP) is 0.505. The van der Waals surface area contributed by atoms with Crippen molar-refractivity contribution >= 4 is 5.97 Å². The highest BCUT2D eigenvalue weighted by atomic mass is 16.5. The highest BCUT2D eigenvalue weighted by molar-refractivity contribution is 5.81. The van der Waals surface area contributed by atoms with E-state index in [-0.39, 0.29) is 5.97 Å². The molecule has 0 amide bonds. The molecule has 0 aromatic carbocycles. The van der Waals surface area contributed by atoms with Crippen LogP contribution in [0.15, 0.2) is 0 Å². The minimum absolute atomic E-state index is 0.246. The van der Waals surface area contributed by atoms with Crippen LogP contribution < -0.4 is 5.73 Å². The van der Waals surface area contributed by atoms with Gasteiger partial charge < -0.3 is 15.4 Å². The molecule has 0 aromatic heterocycles. The van der Waals surface area contributed by atoms with E-state index in [1.807, 2.05) is 0 Å². The van der Waals surface area contributed by atoms with Crippen LogP contribution in [0.2, 0.25) is 0 Å². The van der Waals surface area contributed by atoms with E-state index in [1.54, 1.807) is 0 Å². The van der Waals surface area contributed by atoms with Crippen molar-refractivity contribution in [3.8, 4) is 0 Å². The molecular formula is C11H20N2O2. The van der Waals surface area contributed by atoms with Gasteiger partial charge in [-0.3, -0.25) is 4.79 Å². The fourth-order valence-corrected chi connectivity index (χ4v) is 2.86. The first-order chi connectivity index (χ1) is 7.15. The normalized spacial score (nSPS) is 37.1. The third kappa shape index (κ3) is 2.01. The number of ether oxygens (including phenoxy) is 1. The van der Waals surface area contributed by atoms with E-state index < -0.39 is 5.54 Å². The second-order valence-corrected chi connectivity index (χ2v) is 4.79. The standard InChI is InChI=1S/C11H20N2O2/c1-15-10(14)11(12)5-4-9(8-11)13-6-2-3-7-13/h9H,2-8,12H2,1H3. The first-order valence-corrected chi connectivity index (χ1v) is 5.77. The summed E-state index contributed by atoms with van der Waals surface area (Å²) in [6.45, 7) is 2.34. The Bertz CT molecular complexity index is 251. The van der Waals surface area contributed by atoms with Crippen molar-refractivity contribution in [1.82, 2.24) is 4.90 Å². The third-order valence-corrected chi connectivity index (χ3v) is 3.77. The molecule has 0 spiro atoms. The largest absolute Gasteiger partial charge is 0.468 e. The monoisotopic (exact) mass is 212 g/mol. The van der Waals surface area contributed by atoms with Gasteiger partial charge in [0.15, 0.2) is 0 Å². The topological polar surface area (TPSA) is 55.6 Å². The first kappa shape index (κ1) is 10.9. The summed E-state index contributed by atoms with van der Waals surface area (Å²) in [5.41, 5.74) is 5.35.